The Kier molecular flexibility index (Phi) is 15.7. The van der Waals surface area contributed by atoms with Crippen LogP contribution in [0.2, 0.25) is 0 Å². The highest BCUT2D eigenvalue weighted by molar-refractivity contribution is 6.20. The summed E-state index contributed by atoms with van der Waals surface area (Å²) in [5, 5.41) is 13.5. The molecule has 21 rings (SSSR count). The molecule has 0 N–H and O–H groups in total. The number of benzene rings is 17. The van der Waals surface area contributed by atoms with E-state index in [0.717, 1.165) is 160 Å². The van der Waals surface area contributed by atoms with Crippen molar-refractivity contribution in [3.8, 4) is 124 Å². The van der Waals surface area contributed by atoms with Gasteiger partial charge in [0.15, 0.2) is 34.9 Å². The third kappa shape index (κ3) is 11.6. The molecule has 0 aliphatic rings. The van der Waals surface area contributed by atoms with E-state index < -0.39 is 0 Å². The summed E-state index contributed by atoms with van der Waals surface area (Å²) in [4.78, 5) is 30.9. The average Bonchev–Trinajstić information content (AvgIpc) is 1.50. The van der Waals surface area contributed by atoms with E-state index in [1.165, 1.54) is 16.2 Å². The molecule has 0 saturated carbocycles. The molecule has 17 aromatic carbocycles. The second-order valence-electron chi connectivity index (χ2n) is 27.2. The lowest BCUT2D eigenvalue weighted by molar-refractivity contribution is 0.669. The van der Waals surface area contributed by atoms with Crippen molar-refractivity contribution >= 4 is 87.0 Å². The first-order chi connectivity index (χ1) is 53.5. The van der Waals surface area contributed by atoms with Crippen LogP contribution in [0, 0.1) is 0 Å². The second kappa shape index (κ2) is 26.9. The Labute approximate surface area is 621 Å². The van der Waals surface area contributed by atoms with Crippen LogP contribution in [0.15, 0.2) is 385 Å². The van der Waals surface area contributed by atoms with E-state index >= 15 is 0 Å². The molecule has 0 amide bonds. The van der Waals surface area contributed by atoms with Gasteiger partial charge in [0.2, 0.25) is 0 Å². The number of hydrogen-bond acceptors (Lipinski definition) is 8. The Hall–Kier alpha value is -14.6. The van der Waals surface area contributed by atoms with Gasteiger partial charge in [-0.05, 0) is 172 Å². The Balaban J connectivity index is 0.000000143. The van der Waals surface area contributed by atoms with Crippen molar-refractivity contribution in [2.45, 2.75) is 0 Å². The van der Waals surface area contributed by atoms with Gasteiger partial charge in [0.05, 0.1) is 0 Å². The summed E-state index contributed by atoms with van der Waals surface area (Å²) >= 11 is 0. The molecule has 0 spiro atoms. The molecule has 4 aromatic heterocycles. The van der Waals surface area contributed by atoms with Crippen LogP contribution >= 0.6 is 0 Å². The van der Waals surface area contributed by atoms with Crippen LogP contribution in [0.5, 0.6) is 0 Å². The summed E-state index contributed by atoms with van der Waals surface area (Å²) in [6.07, 6.45) is 0. The number of aromatic nitrogens is 6. The Bertz CT molecular complexity index is 6980. The van der Waals surface area contributed by atoms with Crippen molar-refractivity contribution in [1.82, 2.24) is 29.9 Å². The molecule has 21 aromatic rings. The van der Waals surface area contributed by atoms with Gasteiger partial charge in [0.25, 0.3) is 0 Å². The summed E-state index contributed by atoms with van der Waals surface area (Å²) in [5.41, 5.74) is 20.3. The van der Waals surface area contributed by atoms with E-state index in [0.29, 0.717) is 34.9 Å². The van der Waals surface area contributed by atoms with Crippen LogP contribution in [-0.4, -0.2) is 29.9 Å². The molecule has 0 unspecified atom stereocenters. The Morgan fingerprint density at radius 1 is 0.148 bits per heavy atom. The second-order valence-corrected chi connectivity index (χ2v) is 27.2. The van der Waals surface area contributed by atoms with E-state index in [2.05, 4.69) is 309 Å². The zero-order chi connectivity index (χ0) is 71.4. The summed E-state index contributed by atoms with van der Waals surface area (Å²) in [7, 11) is 0. The van der Waals surface area contributed by atoms with Crippen molar-refractivity contribution in [3.63, 3.8) is 0 Å². The minimum Gasteiger partial charge on any atom is -0.456 e. The highest BCUT2D eigenvalue weighted by atomic mass is 16.3. The number of furan rings is 2. The molecule has 0 radical (unpaired) electrons. The molecule has 0 saturated heterocycles. The van der Waals surface area contributed by atoms with Crippen molar-refractivity contribution in [3.05, 3.63) is 376 Å². The van der Waals surface area contributed by atoms with Crippen LogP contribution in [0.3, 0.4) is 0 Å². The molecule has 504 valence electrons. The number of rotatable bonds is 11. The van der Waals surface area contributed by atoms with Gasteiger partial charge in [0, 0.05) is 54.9 Å². The highest BCUT2D eigenvalue weighted by Crippen LogP contribution is 2.46. The van der Waals surface area contributed by atoms with Crippen LogP contribution in [0.1, 0.15) is 0 Å². The molecular formula is C100H62N6O2. The largest absolute Gasteiger partial charge is 0.456 e. The molecule has 0 aliphatic carbocycles. The van der Waals surface area contributed by atoms with Gasteiger partial charge in [-0.3, -0.25) is 0 Å². The normalized spacial score (nSPS) is 11.5. The molecule has 0 aliphatic heterocycles. The predicted molar refractivity (Wildman–Crippen MR) is 444 cm³/mol. The van der Waals surface area contributed by atoms with Gasteiger partial charge < -0.3 is 8.83 Å². The summed E-state index contributed by atoms with van der Waals surface area (Å²) in [6, 6.07) is 131. The fourth-order valence-corrected chi connectivity index (χ4v) is 15.4. The first kappa shape index (κ1) is 63.1. The SMILES string of the molecule is c1ccc(-c2cc(-c3ccccc3)cc(-c3nc(-c4ccccc4)nc(-c4ccc(-c5cccc6oc7cc8ccccc8cc7c56)c5ccccc45)n3)c2)cc1.c1ccc(-c2cccc(-c3nc(-c4ccccc4)nc(-c4ccc(-c5cccc6oc7cc8ccccc8cc7c56)c5ccccc45)n3)c2)cc1. The monoisotopic (exact) mass is 1380 g/mol. The molecule has 0 atom stereocenters. The molecule has 4 heterocycles. The minimum atomic E-state index is 0.615. The van der Waals surface area contributed by atoms with Crippen LogP contribution in [0.4, 0.5) is 0 Å². The predicted octanol–water partition coefficient (Wildman–Crippen LogP) is 26.5. The van der Waals surface area contributed by atoms with Crippen LogP contribution in [0.25, 0.3) is 211 Å². The summed E-state index contributed by atoms with van der Waals surface area (Å²) in [6.45, 7) is 0. The maximum Gasteiger partial charge on any atom is 0.164 e. The van der Waals surface area contributed by atoms with Gasteiger partial charge in [-0.2, -0.15) is 0 Å². The van der Waals surface area contributed by atoms with Crippen molar-refractivity contribution in [2.24, 2.45) is 0 Å². The average molecular weight is 1380 g/mol. The third-order valence-corrected chi connectivity index (χ3v) is 20.6. The quantitative estimate of drug-likeness (QED) is 0.126. The molecule has 108 heavy (non-hydrogen) atoms. The lowest BCUT2D eigenvalue weighted by Crippen LogP contribution is -2.01. The maximum absolute atomic E-state index is 6.48. The smallest absolute Gasteiger partial charge is 0.164 e. The molecule has 8 heteroatoms. The van der Waals surface area contributed by atoms with E-state index in [4.69, 9.17) is 38.7 Å². The highest BCUT2D eigenvalue weighted by Gasteiger charge is 2.23. The molecule has 8 nitrogen and oxygen atoms in total. The van der Waals surface area contributed by atoms with Crippen molar-refractivity contribution < 1.29 is 8.83 Å². The molecule has 0 bridgehead atoms. The number of hydrogen-bond donors (Lipinski definition) is 0. The summed E-state index contributed by atoms with van der Waals surface area (Å²) in [5.74, 6) is 3.75. The van der Waals surface area contributed by atoms with E-state index in [1.807, 2.05) is 66.7 Å². The molecular weight excluding hydrogens is 1320 g/mol. The van der Waals surface area contributed by atoms with Crippen LogP contribution < -0.4 is 0 Å². The van der Waals surface area contributed by atoms with Gasteiger partial charge in [-0.15, -0.1) is 0 Å². The van der Waals surface area contributed by atoms with E-state index in [9.17, 15) is 0 Å². The zero-order valence-corrected chi connectivity index (χ0v) is 58.3. The zero-order valence-electron chi connectivity index (χ0n) is 58.3. The lowest BCUT2D eigenvalue weighted by atomic mass is 9.92. The number of fused-ring (bicyclic) bond motifs is 10. The van der Waals surface area contributed by atoms with E-state index in [-0.39, 0.29) is 0 Å². The fraction of sp³-hybridized carbons (Fsp3) is 0. The third-order valence-electron chi connectivity index (χ3n) is 20.6. The Morgan fingerprint density at radius 3 is 0.861 bits per heavy atom. The van der Waals surface area contributed by atoms with Gasteiger partial charge in [-0.1, -0.05) is 303 Å². The van der Waals surface area contributed by atoms with Gasteiger partial charge in [-0.25, -0.2) is 29.9 Å². The standard InChI is InChI=1S/C53H33N3O.C47H29N3O/c1-4-15-34(16-5-1)39-29-40(35-17-6-2-7-18-35)31-41(30-39)52-54-51(36-19-8-3-9-20-36)55-53(56-52)46-28-27-44(42-23-12-13-24-43(42)46)45-25-14-26-48-50(45)47-32-37-21-10-11-22-38(37)33-49(47)57-48;1-3-13-30(14-4-1)32-19-11-20-35(27-32)46-48-45(31-15-5-2-6-16-31)49-47(50-46)40-26-25-38(36-21-9-10-22-37(36)40)39-23-12-24-42-44(39)41-28-33-17-7-8-18-34(33)29-43(41)51-42/h1-33H;1-29H. The lowest BCUT2D eigenvalue weighted by Gasteiger charge is -2.14. The number of nitrogens with zero attached hydrogens (tertiary/aromatic N) is 6. The Morgan fingerprint density at radius 2 is 0.435 bits per heavy atom. The summed E-state index contributed by atoms with van der Waals surface area (Å²) < 4.78 is 12.9. The minimum absolute atomic E-state index is 0.615. The van der Waals surface area contributed by atoms with Crippen molar-refractivity contribution in [2.75, 3.05) is 0 Å². The van der Waals surface area contributed by atoms with Gasteiger partial charge >= 0.3 is 0 Å². The van der Waals surface area contributed by atoms with Crippen molar-refractivity contribution in [1.29, 1.82) is 0 Å². The van der Waals surface area contributed by atoms with Gasteiger partial charge in [0.1, 0.15) is 22.3 Å². The van der Waals surface area contributed by atoms with Crippen LogP contribution in [-0.2, 0) is 0 Å². The maximum atomic E-state index is 6.48. The topological polar surface area (TPSA) is 104 Å². The van der Waals surface area contributed by atoms with E-state index in [1.54, 1.807) is 0 Å². The first-order valence-corrected chi connectivity index (χ1v) is 36.3. The molecule has 0 fully saturated rings. The fourth-order valence-electron chi connectivity index (χ4n) is 15.4. The first-order valence-electron chi connectivity index (χ1n) is 36.3.